The number of rotatable bonds is 5. The van der Waals surface area contributed by atoms with Gasteiger partial charge in [0.15, 0.2) is 5.76 Å². The van der Waals surface area contributed by atoms with Crippen molar-refractivity contribution >= 4 is 5.91 Å². The second-order valence-electron chi connectivity index (χ2n) is 5.68. The van der Waals surface area contributed by atoms with Crippen molar-refractivity contribution in [2.75, 3.05) is 0 Å². The number of nitrogens with one attached hydrogen (secondary N) is 1. The number of carbonyl (C=O) groups is 1. The number of aromatic nitrogens is 1. The molecule has 0 radical (unpaired) electrons. The van der Waals surface area contributed by atoms with Crippen LogP contribution in [0.5, 0.6) is 0 Å². The Kier molecular flexibility index (Phi) is 4.34. The van der Waals surface area contributed by atoms with Gasteiger partial charge in [0.2, 0.25) is 5.91 Å². The maximum Gasteiger partial charge on any atom is 0.220 e. The van der Waals surface area contributed by atoms with Crippen LogP contribution in [0.25, 0.3) is 11.3 Å². The molecule has 2 aromatic rings. The molecule has 0 atom stereocenters. The number of hydrogen-bond donors (Lipinski definition) is 1. The van der Waals surface area contributed by atoms with Crippen LogP contribution in [0.3, 0.4) is 0 Å². The Labute approximate surface area is 124 Å². The molecule has 1 aromatic heterocycles. The summed E-state index contributed by atoms with van der Waals surface area (Å²) in [6, 6.07) is 11.7. The summed E-state index contributed by atoms with van der Waals surface area (Å²) in [7, 11) is 0. The molecule has 1 aromatic carbocycles. The van der Waals surface area contributed by atoms with Gasteiger partial charge in [-0.3, -0.25) is 4.79 Å². The molecule has 1 saturated carbocycles. The van der Waals surface area contributed by atoms with Gasteiger partial charge in [0, 0.05) is 18.1 Å². The van der Waals surface area contributed by atoms with Crippen LogP contribution in [-0.4, -0.2) is 11.1 Å². The van der Waals surface area contributed by atoms with Gasteiger partial charge in [-0.1, -0.05) is 48.3 Å². The lowest BCUT2D eigenvalue weighted by Crippen LogP contribution is -2.24. The minimum atomic E-state index is 0.117. The zero-order valence-electron chi connectivity index (χ0n) is 12.0. The van der Waals surface area contributed by atoms with E-state index in [1.54, 1.807) is 0 Å². The minimum Gasteiger partial charge on any atom is -0.356 e. The molecule has 1 aliphatic rings. The van der Waals surface area contributed by atoms with Crippen LogP contribution in [0, 0.1) is 5.92 Å². The van der Waals surface area contributed by atoms with Gasteiger partial charge in [-0.15, -0.1) is 0 Å². The number of nitrogens with zero attached hydrogens (tertiary/aromatic N) is 1. The van der Waals surface area contributed by atoms with Crippen LogP contribution >= 0.6 is 0 Å². The summed E-state index contributed by atoms with van der Waals surface area (Å²) in [4.78, 5) is 11.9. The fraction of sp³-hybridized carbons (Fsp3) is 0.412. The van der Waals surface area contributed by atoms with Crippen LogP contribution in [0.1, 0.15) is 37.8 Å². The molecule has 3 rings (SSSR count). The van der Waals surface area contributed by atoms with Gasteiger partial charge in [-0.2, -0.15) is 0 Å². The summed E-state index contributed by atoms with van der Waals surface area (Å²) in [5.41, 5.74) is 1.75. The fourth-order valence-electron chi connectivity index (χ4n) is 2.87. The monoisotopic (exact) mass is 284 g/mol. The van der Waals surface area contributed by atoms with E-state index in [2.05, 4.69) is 10.5 Å². The molecule has 0 aliphatic heterocycles. The van der Waals surface area contributed by atoms with Crippen molar-refractivity contribution in [1.82, 2.24) is 10.5 Å². The fourth-order valence-corrected chi connectivity index (χ4v) is 2.87. The zero-order chi connectivity index (χ0) is 14.5. The highest BCUT2D eigenvalue weighted by Crippen LogP contribution is 2.27. The molecule has 110 valence electrons. The first kappa shape index (κ1) is 13.9. The maximum atomic E-state index is 11.9. The van der Waals surface area contributed by atoms with Gasteiger partial charge in [0.25, 0.3) is 0 Å². The second kappa shape index (κ2) is 6.57. The SMILES string of the molecule is O=C(CC1CCCC1)NCc1cc(-c2ccccc2)on1. The normalized spacial score (nSPS) is 15.2. The average molecular weight is 284 g/mol. The quantitative estimate of drug-likeness (QED) is 0.913. The maximum absolute atomic E-state index is 11.9. The summed E-state index contributed by atoms with van der Waals surface area (Å²) < 4.78 is 5.32. The van der Waals surface area contributed by atoms with E-state index in [4.69, 9.17) is 4.52 Å². The molecular formula is C17H20N2O2. The first-order valence-corrected chi connectivity index (χ1v) is 7.59. The molecule has 0 spiro atoms. The summed E-state index contributed by atoms with van der Waals surface area (Å²) in [6.07, 6.45) is 5.55. The van der Waals surface area contributed by atoms with Gasteiger partial charge in [-0.05, 0) is 18.8 Å². The predicted octanol–water partition coefficient (Wildman–Crippen LogP) is 3.54. The number of hydrogen-bond acceptors (Lipinski definition) is 3. The van der Waals surface area contributed by atoms with Crippen molar-refractivity contribution in [3.63, 3.8) is 0 Å². The summed E-state index contributed by atoms with van der Waals surface area (Å²) in [6.45, 7) is 0.432. The summed E-state index contributed by atoms with van der Waals surface area (Å²) >= 11 is 0. The zero-order valence-corrected chi connectivity index (χ0v) is 12.0. The van der Waals surface area contributed by atoms with Crippen molar-refractivity contribution in [3.05, 3.63) is 42.1 Å². The third-order valence-electron chi connectivity index (χ3n) is 4.03. The third-order valence-corrected chi connectivity index (χ3v) is 4.03. The van der Waals surface area contributed by atoms with Crippen molar-refractivity contribution in [2.45, 2.75) is 38.6 Å². The van der Waals surface area contributed by atoms with Crippen molar-refractivity contribution < 1.29 is 9.32 Å². The van der Waals surface area contributed by atoms with E-state index >= 15 is 0 Å². The summed E-state index contributed by atoms with van der Waals surface area (Å²) in [5, 5.41) is 6.94. The molecule has 0 bridgehead atoms. The first-order valence-electron chi connectivity index (χ1n) is 7.59. The van der Waals surface area contributed by atoms with Crippen molar-refractivity contribution in [2.24, 2.45) is 5.92 Å². The van der Waals surface area contributed by atoms with E-state index in [-0.39, 0.29) is 5.91 Å². The van der Waals surface area contributed by atoms with Crippen LogP contribution in [0.2, 0.25) is 0 Å². The minimum absolute atomic E-state index is 0.117. The summed E-state index contributed by atoms with van der Waals surface area (Å²) in [5.74, 6) is 1.42. The van der Waals surface area contributed by atoms with Crippen LogP contribution in [0.4, 0.5) is 0 Å². The molecular weight excluding hydrogens is 264 g/mol. The van der Waals surface area contributed by atoms with E-state index in [0.29, 0.717) is 18.9 Å². The lowest BCUT2D eigenvalue weighted by atomic mass is 10.0. The Morgan fingerprint density at radius 1 is 1.24 bits per heavy atom. The van der Waals surface area contributed by atoms with E-state index in [0.717, 1.165) is 17.0 Å². The lowest BCUT2D eigenvalue weighted by Gasteiger charge is -2.08. The molecule has 0 saturated heterocycles. The Balaban J connectivity index is 1.51. The lowest BCUT2D eigenvalue weighted by molar-refractivity contribution is -0.122. The number of benzene rings is 1. The topological polar surface area (TPSA) is 55.1 Å². The smallest absolute Gasteiger partial charge is 0.220 e. The van der Waals surface area contributed by atoms with Crippen molar-refractivity contribution in [3.8, 4) is 11.3 Å². The highest BCUT2D eigenvalue weighted by Gasteiger charge is 2.18. The van der Waals surface area contributed by atoms with E-state index in [9.17, 15) is 4.79 Å². The molecule has 4 nitrogen and oxygen atoms in total. The molecule has 0 unspecified atom stereocenters. The third kappa shape index (κ3) is 3.72. The Morgan fingerprint density at radius 2 is 2.00 bits per heavy atom. The molecule has 1 amide bonds. The van der Waals surface area contributed by atoms with Crippen LogP contribution in [0.15, 0.2) is 40.9 Å². The Bertz CT molecular complexity index is 586. The second-order valence-corrected chi connectivity index (χ2v) is 5.68. The van der Waals surface area contributed by atoms with E-state index < -0.39 is 0 Å². The molecule has 21 heavy (non-hydrogen) atoms. The van der Waals surface area contributed by atoms with E-state index in [1.807, 2.05) is 36.4 Å². The molecule has 1 heterocycles. The largest absolute Gasteiger partial charge is 0.356 e. The molecule has 1 N–H and O–H groups in total. The number of carbonyl (C=O) groups excluding carboxylic acids is 1. The highest BCUT2D eigenvalue weighted by molar-refractivity contribution is 5.76. The molecule has 1 fully saturated rings. The first-order chi connectivity index (χ1) is 10.3. The predicted molar refractivity (Wildman–Crippen MR) is 80.4 cm³/mol. The van der Waals surface area contributed by atoms with Crippen molar-refractivity contribution in [1.29, 1.82) is 0 Å². The van der Waals surface area contributed by atoms with Crippen LogP contribution in [-0.2, 0) is 11.3 Å². The van der Waals surface area contributed by atoms with Gasteiger partial charge >= 0.3 is 0 Å². The molecule has 4 heteroatoms. The van der Waals surface area contributed by atoms with Gasteiger partial charge in [-0.25, -0.2) is 0 Å². The number of amides is 1. The van der Waals surface area contributed by atoms with Crippen LogP contribution < -0.4 is 5.32 Å². The Hall–Kier alpha value is -2.10. The van der Waals surface area contributed by atoms with Gasteiger partial charge < -0.3 is 9.84 Å². The Morgan fingerprint density at radius 3 is 2.76 bits per heavy atom. The standard InChI is InChI=1S/C17H20N2O2/c20-17(10-13-6-4-5-7-13)18-12-15-11-16(21-19-15)14-8-2-1-3-9-14/h1-3,8-9,11,13H,4-7,10,12H2,(H,18,20). The average Bonchev–Trinajstić information content (AvgIpc) is 3.17. The van der Waals surface area contributed by atoms with Gasteiger partial charge in [0.05, 0.1) is 6.54 Å². The van der Waals surface area contributed by atoms with Gasteiger partial charge in [0.1, 0.15) is 5.69 Å². The van der Waals surface area contributed by atoms with E-state index in [1.165, 1.54) is 25.7 Å². The highest BCUT2D eigenvalue weighted by atomic mass is 16.5. The molecule has 1 aliphatic carbocycles.